The van der Waals surface area contributed by atoms with Crippen LogP contribution >= 0.6 is 38.9 Å². The molecule has 0 fully saturated rings. The molecule has 0 N–H and O–H groups in total. The van der Waals surface area contributed by atoms with Crippen molar-refractivity contribution in [1.82, 2.24) is 4.90 Å². The summed E-state index contributed by atoms with van der Waals surface area (Å²) in [6.45, 7) is 1.95. The number of hydrogen-bond acceptors (Lipinski definition) is 3. The molecule has 1 aliphatic rings. The van der Waals surface area contributed by atoms with Gasteiger partial charge in [-0.1, -0.05) is 17.7 Å². The van der Waals surface area contributed by atoms with E-state index in [2.05, 4.69) is 39.3 Å². The molecular formula is C15H15BrClNOS. The molecule has 1 aromatic carbocycles. The van der Waals surface area contributed by atoms with E-state index in [1.807, 2.05) is 29.5 Å². The maximum Gasteiger partial charge on any atom is 0.140 e. The first-order chi connectivity index (χ1) is 9.65. The summed E-state index contributed by atoms with van der Waals surface area (Å²) in [7, 11) is 2.13. The first-order valence-electron chi connectivity index (χ1n) is 6.50. The van der Waals surface area contributed by atoms with Crippen LogP contribution in [0.15, 0.2) is 34.1 Å². The molecule has 0 amide bonds. The van der Waals surface area contributed by atoms with Crippen LogP contribution in [0.1, 0.15) is 16.5 Å². The SMILES string of the molecule is CN1CCc2sccc2C(Oc2cccc(Br)c2Cl)C1. The minimum absolute atomic E-state index is 0.0375. The highest BCUT2D eigenvalue weighted by molar-refractivity contribution is 9.10. The molecule has 0 aliphatic carbocycles. The second kappa shape index (κ2) is 6.06. The molecule has 1 unspecified atom stereocenters. The van der Waals surface area contributed by atoms with Crippen molar-refractivity contribution in [2.24, 2.45) is 0 Å². The van der Waals surface area contributed by atoms with Crippen molar-refractivity contribution in [2.75, 3.05) is 20.1 Å². The summed E-state index contributed by atoms with van der Waals surface area (Å²) in [5.41, 5.74) is 1.30. The van der Waals surface area contributed by atoms with Crippen molar-refractivity contribution < 1.29 is 4.74 Å². The van der Waals surface area contributed by atoms with Gasteiger partial charge in [-0.15, -0.1) is 11.3 Å². The van der Waals surface area contributed by atoms with Crippen molar-refractivity contribution >= 4 is 38.9 Å². The fourth-order valence-corrected chi connectivity index (χ4v) is 3.88. The molecule has 3 rings (SSSR count). The van der Waals surface area contributed by atoms with Crippen molar-refractivity contribution in [3.05, 3.63) is 49.6 Å². The van der Waals surface area contributed by atoms with E-state index in [0.717, 1.165) is 29.7 Å². The topological polar surface area (TPSA) is 12.5 Å². The van der Waals surface area contributed by atoms with E-state index in [1.54, 1.807) is 0 Å². The van der Waals surface area contributed by atoms with Gasteiger partial charge in [0.25, 0.3) is 0 Å². The number of fused-ring (bicyclic) bond motifs is 1. The molecular weight excluding hydrogens is 358 g/mol. The number of ether oxygens (including phenoxy) is 1. The fraction of sp³-hybridized carbons (Fsp3) is 0.333. The van der Waals surface area contributed by atoms with Crippen molar-refractivity contribution in [1.29, 1.82) is 0 Å². The predicted octanol–water partition coefficient (Wildman–Crippen LogP) is 4.77. The lowest BCUT2D eigenvalue weighted by Gasteiger charge is -2.22. The zero-order chi connectivity index (χ0) is 14.1. The maximum absolute atomic E-state index is 6.31. The van der Waals surface area contributed by atoms with Crippen LogP contribution in [0.3, 0.4) is 0 Å². The zero-order valence-electron chi connectivity index (χ0n) is 11.1. The van der Waals surface area contributed by atoms with Crippen molar-refractivity contribution in [3.63, 3.8) is 0 Å². The van der Waals surface area contributed by atoms with E-state index in [1.165, 1.54) is 10.4 Å². The number of likely N-dealkylation sites (N-methyl/N-ethyl adjacent to an activating group) is 1. The minimum Gasteiger partial charge on any atom is -0.483 e. The lowest BCUT2D eigenvalue weighted by Crippen LogP contribution is -2.26. The molecule has 1 aromatic heterocycles. The van der Waals surface area contributed by atoms with Crippen molar-refractivity contribution in [2.45, 2.75) is 12.5 Å². The lowest BCUT2D eigenvalue weighted by molar-refractivity contribution is 0.156. The summed E-state index contributed by atoms with van der Waals surface area (Å²) in [4.78, 5) is 3.73. The van der Waals surface area contributed by atoms with E-state index in [4.69, 9.17) is 16.3 Å². The largest absolute Gasteiger partial charge is 0.483 e. The van der Waals surface area contributed by atoms with Gasteiger partial charge in [0.1, 0.15) is 11.9 Å². The Bertz CT molecular complexity index is 616. The van der Waals surface area contributed by atoms with E-state index >= 15 is 0 Å². The molecule has 0 spiro atoms. The predicted molar refractivity (Wildman–Crippen MR) is 88.0 cm³/mol. The molecule has 0 bridgehead atoms. The first kappa shape index (κ1) is 14.4. The maximum atomic E-state index is 6.31. The molecule has 2 aromatic rings. The summed E-state index contributed by atoms with van der Waals surface area (Å²) < 4.78 is 7.07. The Morgan fingerprint density at radius 1 is 1.40 bits per heavy atom. The molecule has 106 valence electrons. The monoisotopic (exact) mass is 371 g/mol. The third-order valence-electron chi connectivity index (χ3n) is 3.51. The Hall–Kier alpha value is -0.550. The molecule has 0 radical (unpaired) electrons. The van der Waals surface area contributed by atoms with Gasteiger partial charge in [-0.25, -0.2) is 0 Å². The molecule has 1 atom stereocenters. The van der Waals surface area contributed by atoms with E-state index in [0.29, 0.717) is 5.02 Å². The van der Waals surface area contributed by atoms with Gasteiger partial charge < -0.3 is 9.64 Å². The summed E-state index contributed by atoms with van der Waals surface area (Å²) in [6.07, 6.45) is 1.13. The molecule has 2 nitrogen and oxygen atoms in total. The normalized spacial score (nSPS) is 19.4. The Kier molecular flexibility index (Phi) is 4.36. The highest BCUT2D eigenvalue weighted by atomic mass is 79.9. The second-order valence-corrected chi connectivity index (χ2v) is 7.20. The highest BCUT2D eigenvalue weighted by Gasteiger charge is 2.24. The standard InChI is InChI=1S/C15H15BrClNOS/c1-18-7-5-14-10(6-8-20-14)13(9-18)19-12-4-2-3-11(16)15(12)17/h2-4,6,8,13H,5,7,9H2,1H3. The van der Waals surface area contributed by atoms with Crippen LogP contribution in [0.5, 0.6) is 5.75 Å². The van der Waals surface area contributed by atoms with Gasteiger partial charge in [-0.2, -0.15) is 0 Å². The number of halogens is 2. The quantitative estimate of drug-likeness (QED) is 0.753. The Morgan fingerprint density at radius 3 is 3.10 bits per heavy atom. The summed E-state index contributed by atoms with van der Waals surface area (Å²) in [5, 5.41) is 2.78. The van der Waals surface area contributed by atoms with Crippen LogP contribution in [0.2, 0.25) is 5.02 Å². The van der Waals surface area contributed by atoms with Gasteiger partial charge in [-0.3, -0.25) is 0 Å². The molecule has 0 saturated carbocycles. The molecule has 1 aliphatic heterocycles. The fourth-order valence-electron chi connectivity index (χ4n) is 2.43. The van der Waals surface area contributed by atoms with Gasteiger partial charge in [0, 0.05) is 28.0 Å². The number of nitrogens with zero attached hydrogens (tertiary/aromatic N) is 1. The van der Waals surface area contributed by atoms with Gasteiger partial charge in [-0.05, 0) is 53.0 Å². The zero-order valence-corrected chi connectivity index (χ0v) is 14.3. The van der Waals surface area contributed by atoms with Crippen LogP contribution in [0, 0.1) is 0 Å². The third kappa shape index (κ3) is 2.89. The van der Waals surface area contributed by atoms with E-state index in [-0.39, 0.29) is 6.10 Å². The molecule has 20 heavy (non-hydrogen) atoms. The van der Waals surface area contributed by atoms with Crippen LogP contribution in [-0.2, 0) is 6.42 Å². The number of benzene rings is 1. The van der Waals surface area contributed by atoms with Crippen LogP contribution in [-0.4, -0.2) is 25.0 Å². The second-order valence-electron chi connectivity index (χ2n) is 4.97. The van der Waals surface area contributed by atoms with Crippen LogP contribution in [0.25, 0.3) is 0 Å². The Labute approximate surface area is 136 Å². The van der Waals surface area contributed by atoms with Gasteiger partial charge in [0.05, 0.1) is 5.02 Å². The Morgan fingerprint density at radius 2 is 2.25 bits per heavy atom. The first-order valence-corrected chi connectivity index (χ1v) is 8.55. The van der Waals surface area contributed by atoms with Gasteiger partial charge in [0.15, 0.2) is 0 Å². The van der Waals surface area contributed by atoms with Crippen molar-refractivity contribution in [3.8, 4) is 5.75 Å². The number of rotatable bonds is 2. The van der Waals surface area contributed by atoms with Gasteiger partial charge >= 0.3 is 0 Å². The number of thiophene rings is 1. The average molecular weight is 373 g/mol. The van der Waals surface area contributed by atoms with Crippen LogP contribution < -0.4 is 4.74 Å². The summed E-state index contributed by atoms with van der Waals surface area (Å²) >= 11 is 11.6. The molecule has 5 heteroatoms. The van der Waals surface area contributed by atoms with Gasteiger partial charge in [0.2, 0.25) is 0 Å². The number of hydrogen-bond donors (Lipinski definition) is 0. The third-order valence-corrected chi connectivity index (χ3v) is 5.79. The average Bonchev–Trinajstić information content (AvgIpc) is 2.84. The highest BCUT2D eigenvalue weighted by Crippen LogP contribution is 2.37. The molecule has 2 heterocycles. The van der Waals surface area contributed by atoms with Crippen LogP contribution in [0.4, 0.5) is 0 Å². The summed E-state index contributed by atoms with van der Waals surface area (Å²) in [5.74, 6) is 0.735. The minimum atomic E-state index is 0.0375. The smallest absolute Gasteiger partial charge is 0.140 e. The van der Waals surface area contributed by atoms with E-state index < -0.39 is 0 Å². The van der Waals surface area contributed by atoms with E-state index in [9.17, 15) is 0 Å². The molecule has 0 saturated heterocycles. The Balaban J connectivity index is 1.91. The lowest BCUT2D eigenvalue weighted by atomic mass is 10.1. The summed E-state index contributed by atoms with van der Waals surface area (Å²) in [6, 6.07) is 7.96.